The summed E-state index contributed by atoms with van der Waals surface area (Å²) in [4.78, 5) is 17.0. The van der Waals surface area contributed by atoms with Crippen LogP contribution in [0.3, 0.4) is 0 Å². The molecule has 0 spiro atoms. The highest BCUT2D eigenvalue weighted by atomic mass is 16.2. The van der Waals surface area contributed by atoms with Crippen molar-refractivity contribution in [1.29, 1.82) is 0 Å². The average molecular weight is 288 g/mol. The van der Waals surface area contributed by atoms with Gasteiger partial charge in [0.25, 0.3) is 0 Å². The third-order valence-corrected chi connectivity index (χ3v) is 4.54. The Labute approximate surface area is 128 Å². The fourth-order valence-electron chi connectivity index (χ4n) is 3.45. The molecule has 0 bridgehead atoms. The highest BCUT2D eigenvalue weighted by Gasteiger charge is 2.33. The lowest BCUT2D eigenvalue weighted by molar-refractivity contribution is -0.119. The number of nitrogens with zero attached hydrogens (tertiary/aromatic N) is 2. The third-order valence-electron chi connectivity index (χ3n) is 4.54. The van der Waals surface area contributed by atoms with E-state index < -0.39 is 0 Å². The molecule has 0 N–H and O–H groups in total. The van der Waals surface area contributed by atoms with Crippen LogP contribution < -0.4 is 4.90 Å². The first-order chi connectivity index (χ1) is 10.1. The average Bonchev–Trinajstić information content (AvgIpc) is 2.74. The van der Waals surface area contributed by atoms with Crippen LogP contribution in [0.1, 0.15) is 45.4 Å². The Morgan fingerprint density at radius 2 is 1.67 bits per heavy atom. The highest BCUT2D eigenvalue weighted by Crippen LogP contribution is 2.29. The predicted molar refractivity (Wildman–Crippen MR) is 88.6 cm³/mol. The van der Waals surface area contributed by atoms with Gasteiger partial charge in [0, 0.05) is 18.2 Å². The summed E-state index contributed by atoms with van der Waals surface area (Å²) in [5, 5.41) is 0. The van der Waals surface area contributed by atoms with Crippen molar-refractivity contribution in [3.63, 3.8) is 0 Å². The second kappa shape index (κ2) is 7.60. The molecule has 2 atom stereocenters. The van der Waals surface area contributed by atoms with Crippen LogP contribution in [0.25, 0.3) is 0 Å². The van der Waals surface area contributed by atoms with Gasteiger partial charge in [0.2, 0.25) is 5.91 Å². The van der Waals surface area contributed by atoms with Crippen LogP contribution in [0.4, 0.5) is 5.69 Å². The minimum atomic E-state index is 0.236. The van der Waals surface area contributed by atoms with Crippen LogP contribution >= 0.6 is 0 Å². The lowest BCUT2D eigenvalue weighted by atomic mass is 9.99. The molecule has 2 unspecified atom stereocenters. The summed E-state index contributed by atoms with van der Waals surface area (Å²) in [6.45, 7) is 1.96. The first kappa shape index (κ1) is 16.0. The predicted octanol–water partition coefficient (Wildman–Crippen LogP) is 3.69. The van der Waals surface area contributed by atoms with Gasteiger partial charge in [0.1, 0.15) is 0 Å². The van der Waals surface area contributed by atoms with Gasteiger partial charge in [0.05, 0.1) is 6.04 Å². The third kappa shape index (κ3) is 3.85. The molecular weight excluding hydrogens is 260 g/mol. The van der Waals surface area contributed by atoms with Gasteiger partial charge < -0.3 is 9.80 Å². The molecule has 1 aromatic carbocycles. The molecule has 116 valence electrons. The molecule has 1 aliphatic rings. The number of para-hydroxylation sites is 1. The summed E-state index contributed by atoms with van der Waals surface area (Å²) in [5.74, 6) is 0.236. The topological polar surface area (TPSA) is 23.6 Å². The summed E-state index contributed by atoms with van der Waals surface area (Å²) in [6, 6.07) is 10.9. The van der Waals surface area contributed by atoms with Crippen LogP contribution in [-0.4, -0.2) is 37.0 Å². The van der Waals surface area contributed by atoms with Gasteiger partial charge in [-0.2, -0.15) is 0 Å². The number of benzene rings is 1. The maximum absolute atomic E-state index is 12.6. The Balaban J connectivity index is 2.35. The SMILES string of the molecule is CCC(=O)N(c1ccccc1)C1CCCCCC1N(C)C. The minimum Gasteiger partial charge on any atom is -0.308 e. The Kier molecular flexibility index (Phi) is 5.80. The molecule has 1 saturated carbocycles. The molecule has 3 nitrogen and oxygen atoms in total. The van der Waals surface area contributed by atoms with Crippen LogP contribution in [0.5, 0.6) is 0 Å². The van der Waals surface area contributed by atoms with Crippen molar-refractivity contribution < 1.29 is 4.79 Å². The van der Waals surface area contributed by atoms with Gasteiger partial charge in [-0.3, -0.25) is 4.79 Å². The van der Waals surface area contributed by atoms with Crippen LogP contribution in [0, 0.1) is 0 Å². The number of rotatable bonds is 4. The first-order valence-electron chi connectivity index (χ1n) is 8.18. The van der Waals surface area contributed by atoms with E-state index in [9.17, 15) is 4.79 Å². The minimum absolute atomic E-state index is 0.236. The Morgan fingerprint density at radius 3 is 2.24 bits per heavy atom. The zero-order valence-corrected chi connectivity index (χ0v) is 13.6. The standard InChI is InChI=1S/C18H28N2O/c1-4-18(21)20(15-11-7-5-8-12-15)17-14-10-6-9-13-16(17)19(2)3/h5,7-8,11-12,16-17H,4,6,9-10,13-14H2,1-3H3. The maximum Gasteiger partial charge on any atom is 0.227 e. The molecule has 0 heterocycles. The first-order valence-corrected chi connectivity index (χ1v) is 8.18. The van der Waals surface area contributed by atoms with E-state index in [-0.39, 0.29) is 11.9 Å². The Morgan fingerprint density at radius 1 is 1.05 bits per heavy atom. The molecule has 1 fully saturated rings. The van der Waals surface area contributed by atoms with Crippen molar-refractivity contribution in [3.8, 4) is 0 Å². The number of hydrogen-bond acceptors (Lipinski definition) is 2. The molecule has 1 aliphatic carbocycles. The molecule has 1 amide bonds. The van der Waals surface area contributed by atoms with Gasteiger partial charge in [-0.05, 0) is 39.1 Å². The van der Waals surface area contributed by atoms with E-state index in [0.29, 0.717) is 12.5 Å². The van der Waals surface area contributed by atoms with Crippen LogP contribution in [0.15, 0.2) is 30.3 Å². The van der Waals surface area contributed by atoms with Crippen molar-refractivity contribution in [3.05, 3.63) is 30.3 Å². The van der Waals surface area contributed by atoms with Gasteiger partial charge in [-0.25, -0.2) is 0 Å². The number of anilines is 1. The fourth-order valence-corrected chi connectivity index (χ4v) is 3.45. The molecule has 0 radical (unpaired) electrons. The van der Waals surface area contributed by atoms with E-state index in [1.807, 2.05) is 25.1 Å². The molecule has 0 aromatic heterocycles. The second-order valence-electron chi connectivity index (χ2n) is 6.19. The molecular formula is C18H28N2O. The zero-order chi connectivity index (χ0) is 15.2. The lowest BCUT2D eigenvalue weighted by Crippen LogP contribution is -2.51. The maximum atomic E-state index is 12.6. The zero-order valence-electron chi connectivity index (χ0n) is 13.6. The van der Waals surface area contributed by atoms with E-state index in [4.69, 9.17) is 0 Å². The Hall–Kier alpha value is -1.35. The van der Waals surface area contributed by atoms with Crippen molar-refractivity contribution in [2.24, 2.45) is 0 Å². The van der Waals surface area contributed by atoms with E-state index in [1.165, 1.54) is 25.7 Å². The van der Waals surface area contributed by atoms with Gasteiger partial charge in [-0.1, -0.05) is 44.4 Å². The molecule has 0 saturated heterocycles. The van der Waals surface area contributed by atoms with Gasteiger partial charge >= 0.3 is 0 Å². The van der Waals surface area contributed by atoms with Crippen molar-refractivity contribution in [2.45, 2.75) is 57.5 Å². The van der Waals surface area contributed by atoms with E-state index >= 15 is 0 Å². The largest absolute Gasteiger partial charge is 0.308 e. The number of hydrogen-bond donors (Lipinski definition) is 0. The smallest absolute Gasteiger partial charge is 0.227 e. The normalized spacial score (nSPS) is 22.9. The molecule has 2 rings (SSSR count). The lowest BCUT2D eigenvalue weighted by Gasteiger charge is -2.39. The van der Waals surface area contributed by atoms with Crippen LogP contribution in [0.2, 0.25) is 0 Å². The number of amides is 1. The van der Waals surface area contributed by atoms with Gasteiger partial charge in [-0.15, -0.1) is 0 Å². The van der Waals surface area contributed by atoms with Crippen molar-refractivity contribution in [1.82, 2.24) is 4.90 Å². The number of carbonyl (C=O) groups excluding carboxylic acids is 1. The van der Waals surface area contributed by atoms with E-state index in [1.54, 1.807) is 0 Å². The van der Waals surface area contributed by atoms with Gasteiger partial charge in [0.15, 0.2) is 0 Å². The summed E-state index contributed by atoms with van der Waals surface area (Å²) in [7, 11) is 4.28. The van der Waals surface area contributed by atoms with Crippen LogP contribution in [-0.2, 0) is 4.79 Å². The highest BCUT2D eigenvalue weighted by molar-refractivity contribution is 5.93. The van der Waals surface area contributed by atoms with Crippen molar-refractivity contribution >= 4 is 11.6 Å². The second-order valence-corrected chi connectivity index (χ2v) is 6.19. The summed E-state index contributed by atoms with van der Waals surface area (Å²) in [5.41, 5.74) is 1.04. The summed E-state index contributed by atoms with van der Waals surface area (Å²) >= 11 is 0. The van der Waals surface area contributed by atoms with E-state index in [0.717, 1.165) is 12.1 Å². The molecule has 21 heavy (non-hydrogen) atoms. The quantitative estimate of drug-likeness (QED) is 0.789. The monoisotopic (exact) mass is 288 g/mol. The molecule has 0 aliphatic heterocycles. The number of carbonyl (C=O) groups is 1. The fraction of sp³-hybridized carbons (Fsp3) is 0.611. The number of likely N-dealkylation sites (N-methyl/N-ethyl adjacent to an activating group) is 1. The summed E-state index contributed by atoms with van der Waals surface area (Å²) < 4.78 is 0. The summed E-state index contributed by atoms with van der Waals surface area (Å²) in [6.07, 6.45) is 6.61. The van der Waals surface area contributed by atoms with Crippen molar-refractivity contribution in [2.75, 3.05) is 19.0 Å². The molecule has 3 heteroatoms. The Bertz CT molecular complexity index is 444. The van der Waals surface area contributed by atoms with E-state index in [2.05, 4.69) is 36.0 Å². The molecule has 1 aromatic rings.